The van der Waals surface area contributed by atoms with E-state index in [1.165, 1.54) is 13.0 Å². The molecule has 0 saturated carbocycles. The number of ketones is 2. The van der Waals surface area contributed by atoms with Gasteiger partial charge in [0.05, 0.1) is 22.8 Å². The van der Waals surface area contributed by atoms with Crippen molar-refractivity contribution in [3.63, 3.8) is 0 Å². The monoisotopic (exact) mass is 311 g/mol. The lowest BCUT2D eigenvalue weighted by molar-refractivity contribution is -0.116. The lowest BCUT2D eigenvalue weighted by Gasteiger charge is -2.04. The highest BCUT2D eigenvalue weighted by Gasteiger charge is 2.17. The molecule has 0 spiro atoms. The van der Waals surface area contributed by atoms with Crippen LogP contribution in [0.2, 0.25) is 0 Å². The molecule has 0 saturated heterocycles. The molecule has 0 amide bonds. The number of Topliss-reactive ketones (excluding diaryl/α,β-unsaturated/α-hetero) is 2. The summed E-state index contributed by atoms with van der Waals surface area (Å²) in [4.78, 5) is 50.0. The molecule has 1 N–H and O–H groups in total. The normalized spacial score (nSPS) is 11.0. The maximum absolute atomic E-state index is 12.6. The predicted octanol–water partition coefficient (Wildman–Crippen LogP) is 2.10. The molecule has 2 aromatic heterocycles. The molecule has 116 valence electrons. The number of carbonyl (C=O) groups is 2. The van der Waals surface area contributed by atoms with Crippen LogP contribution in [0.4, 0.5) is 0 Å². The molecule has 6 heteroatoms. The van der Waals surface area contributed by atoms with Gasteiger partial charge in [-0.05, 0) is 32.0 Å². The van der Waals surface area contributed by atoms with E-state index in [4.69, 9.17) is 4.42 Å². The number of aromatic amines is 1. The third kappa shape index (κ3) is 2.59. The molecular formula is C17H13NO5. The fourth-order valence-electron chi connectivity index (χ4n) is 2.46. The maximum Gasteiger partial charge on any atom is 0.261 e. The van der Waals surface area contributed by atoms with Crippen LogP contribution < -0.4 is 11.0 Å². The van der Waals surface area contributed by atoms with Crippen LogP contribution in [0.25, 0.3) is 22.1 Å². The summed E-state index contributed by atoms with van der Waals surface area (Å²) in [7, 11) is 0. The van der Waals surface area contributed by atoms with E-state index in [1.807, 2.05) is 6.92 Å². The van der Waals surface area contributed by atoms with E-state index in [0.717, 1.165) is 5.56 Å². The summed E-state index contributed by atoms with van der Waals surface area (Å²) in [5, 5.41) is 0.476. The molecule has 0 unspecified atom stereocenters. The van der Waals surface area contributed by atoms with Crippen molar-refractivity contribution in [3.8, 4) is 0 Å². The lowest BCUT2D eigenvalue weighted by Crippen LogP contribution is -2.20. The number of aryl methyl sites for hydroxylation is 1. The van der Waals surface area contributed by atoms with Gasteiger partial charge in [0.15, 0.2) is 5.78 Å². The van der Waals surface area contributed by atoms with Crippen molar-refractivity contribution in [2.45, 2.75) is 20.3 Å². The second-order valence-corrected chi connectivity index (χ2v) is 5.49. The van der Waals surface area contributed by atoms with Crippen LogP contribution in [-0.4, -0.2) is 16.6 Å². The third-order valence-electron chi connectivity index (χ3n) is 3.55. The van der Waals surface area contributed by atoms with Crippen LogP contribution in [0.15, 0.2) is 38.3 Å². The molecule has 23 heavy (non-hydrogen) atoms. The molecule has 0 atom stereocenters. The smallest absolute Gasteiger partial charge is 0.261 e. The number of H-pyrrole nitrogens is 1. The zero-order chi connectivity index (χ0) is 16.7. The SMILES string of the molecule is CC(=O)CC(=O)c1cc2c(=O)c3cc(C)ccc3oc2[nH]c1=O. The summed E-state index contributed by atoms with van der Waals surface area (Å²) in [5.74, 6) is -0.972. The van der Waals surface area contributed by atoms with E-state index in [1.54, 1.807) is 18.2 Å². The number of pyridine rings is 1. The van der Waals surface area contributed by atoms with Gasteiger partial charge in [0.2, 0.25) is 11.1 Å². The number of nitrogens with one attached hydrogen (secondary N) is 1. The van der Waals surface area contributed by atoms with E-state index < -0.39 is 11.3 Å². The van der Waals surface area contributed by atoms with Gasteiger partial charge in [0.1, 0.15) is 11.4 Å². The highest BCUT2D eigenvalue weighted by molar-refractivity contribution is 6.08. The molecule has 3 aromatic rings. The standard InChI is InChI=1S/C17H13NO5/c1-8-3-4-14-11(5-8)15(21)12-7-10(13(20)6-9(2)19)16(22)18-17(12)23-14/h3-5,7H,6H2,1-2H3,(H,18,22). The number of aromatic nitrogens is 1. The molecule has 3 rings (SSSR count). The third-order valence-corrected chi connectivity index (χ3v) is 3.55. The molecule has 0 bridgehead atoms. The molecule has 0 aliphatic heterocycles. The van der Waals surface area contributed by atoms with Gasteiger partial charge in [-0.25, -0.2) is 0 Å². The first-order chi connectivity index (χ1) is 10.9. The predicted molar refractivity (Wildman–Crippen MR) is 85.0 cm³/mol. The van der Waals surface area contributed by atoms with Gasteiger partial charge >= 0.3 is 0 Å². The number of benzene rings is 1. The maximum atomic E-state index is 12.6. The summed E-state index contributed by atoms with van der Waals surface area (Å²) < 4.78 is 5.54. The van der Waals surface area contributed by atoms with Crippen molar-refractivity contribution >= 4 is 33.6 Å². The topological polar surface area (TPSA) is 97.2 Å². The molecule has 0 aliphatic carbocycles. The second kappa shape index (κ2) is 5.31. The zero-order valence-corrected chi connectivity index (χ0v) is 12.6. The number of fused-ring (bicyclic) bond motifs is 2. The van der Waals surface area contributed by atoms with Gasteiger partial charge < -0.3 is 4.42 Å². The van der Waals surface area contributed by atoms with E-state index in [0.29, 0.717) is 11.0 Å². The highest BCUT2D eigenvalue weighted by Crippen LogP contribution is 2.18. The number of hydrogen-bond acceptors (Lipinski definition) is 5. The Bertz CT molecular complexity index is 1090. The molecule has 0 fully saturated rings. The number of carbonyl (C=O) groups excluding carboxylic acids is 2. The summed E-state index contributed by atoms with van der Waals surface area (Å²) in [6.45, 7) is 3.11. The minimum absolute atomic E-state index is 0.00993. The van der Waals surface area contributed by atoms with Crippen LogP contribution in [0.5, 0.6) is 0 Å². The summed E-state index contributed by atoms with van der Waals surface area (Å²) in [6, 6.07) is 6.33. The Kier molecular flexibility index (Phi) is 3.44. The van der Waals surface area contributed by atoms with E-state index in [-0.39, 0.29) is 34.3 Å². The van der Waals surface area contributed by atoms with E-state index in [2.05, 4.69) is 4.98 Å². The molecule has 6 nitrogen and oxygen atoms in total. The van der Waals surface area contributed by atoms with E-state index in [9.17, 15) is 19.2 Å². The van der Waals surface area contributed by atoms with Crippen molar-refractivity contribution in [2.75, 3.05) is 0 Å². The first-order valence-corrected chi connectivity index (χ1v) is 7.00. The fraction of sp³-hybridized carbons (Fsp3) is 0.176. The Morgan fingerprint density at radius 2 is 1.87 bits per heavy atom. The molecule has 1 aromatic carbocycles. The van der Waals surface area contributed by atoms with Gasteiger partial charge in [-0.1, -0.05) is 11.6 Å². The molecular weight excluding hydrogens is 298 g/mol. The lowest BCUT2D eigenvalue weighted by atomic mass is 10.1. The molecule has 0 radical (unpaired) electrons. The Morgan fingerprint density at radius 3 is 2.57 bits per heavy atom. The zero-order valence-electron chi connectivity index (χ0n) is 12.6. The van der Waals surface area contributed by atoms with Crippen molar-refractivity contribution < 1.29 is 14.0 Å². The number of hydrogen-bond donors (Lipinski definition) is 1. The summed E-state index contributed by atoms with van der Waals surface area (Å²) in [6.07, 6.45) is -0.382. The Morgan fingerprint density at radius 1 is 1.13 bits per heavy atom. The fourth-order valence-corrected chi connectivity index (χ4v) is 2.46. The minimum Gasteiger partial charge on any atom is -0.439 e. The van der Waals surface area contributed by atoms with Gasteiger partial charge in [0.25, 0.3) is 5.56 Å². The summed E-state index contributed by atoms with van der Waals surface area (Å²) in [5.41, 5.74) is 0.0205. The first kappa shape index (κ1) is 14.9. The van der Waals surface area contributed by atoms with Crippen molar-refractivity contribution in [3.05, 3.63) is 56.0 Å². The minimum atomic E-state index is -0.682. The average Bonchev–Trinajstić information content (AvgIpc) is 2.47. The van der Waals surface area contributed by atoms with E-state index >= 15 is 0 Å². The Hall–Kier alpha value is -3.02. The Labute approximate surface area is 129 Å². The van der Waals surface area contributed by atoms with Crippen LogP contribution in [0, 0.1) is 6.92 Å². The quantitative estimate of drug-likeness (QED) is 0.454. The van der Waals surface area contributed by atoms with Gasteiger partial charge in [-0.3, -0.25) is 24.2 Å². The van der Waals surface area contributed by atoms with Crippen molar-refractivity contribution in [1.82, 2.24) is 4.98 Å². The van der Waals surface area contributed by atoms with Crippen LogP contribution in [0.3, 0.4) is 0 Å². The highest BCUT2D eigenvalue weighted by atomic mass is 16.3. The van der Waals surface area contributed by atoms with Crippen LogP contribution >= 0.6 is 0 Å². The average molecular weight is 311 g/mol. The van der Waals surface area contributed by atoms with Crippen LogP contribution in [0.1, 0.15) is 29.3 Å². The molecule has 0 aliphatic rings. The second-order valence-electron chi connectivity index (χ2n) is 5.49. The van der Waals surface area contributed by atoms with Crippen molar-refractivity contribution in [2.24, 2.45) is 0 Å². The van der Waals surface area contributed by atoms with Gasteiger partial charge in [-0.2, -0.15) is 0 Å². The molecule has 2 heterocycles. The van der Waals surface area contributed by atoms with Gasteiger partial charge in [-0.15, -0.1) is 0 Å². The number of rotatable bonds is 3. The Balaban J connectivity index is 2.34. The summed E-state index contributed by atoms with van der Waals surface area (Å²) >= 11 is 0. The first-order valence-electron chi connectivity index (χ1n) is 7.00. The van der Waals surface area contributed by atoms with Gasteiger partial charge in [0, 0.05) is 0 Å². The van der Waals surface area contributed by atoms with Crippen LogP contribution in [-0.2, 0) is 4.79 Å². The van der Waals surface area contributed by atoms with Crippen molar-refractivity contribution in [1.29, 1.82) is 0 Å². The largest absolute Gasteiger partial charge is 0.439 e.